The molecule has 188 valence electrons. The number of nitrogens with one attached hydrogen (secondary N) is 1. The van der Waals surface area contributed by atoms with Crippen LogP contribution in [0, 0.1) is 12.3 Å². The van der Waals surface area contributed by atoms with E-state index < -0.39 is 0 Å². The van der Waals surface area contributed by atoms with Gasteiger partial charge in [0.25, 0.3) is 0 Å². The molecule has 3 heterocycles. The van der Waals surface area contributed by atoms with Crippen molar-refractivity contribution in [1.82, 2.24) is 25.2 Å². The minimum Gasteiger partial charge on any atom is -0.495 e. The first kappa shape index (κ1) is 25.8. The number of fused-ring (bicyclic) bond motifs is 1. The van der Waals surface area contributed by atoms with E-state index in [-0.39, 0.29) is 6.04 Å². The first-order valence-corrected chi connectivity index (χ1v) is 12.2. The summed E-state index contributed by atoms with van der Waals surface area (Å²) in [5, 5.41) is 4.26. The number of nitrogens with zero attached hydrogens (tertiary/aromatic N) is 5. The van der Waals surface area contributed by atoms with Crippen LogP contribution in [0.25, 0.3) is 16.7 Å². The van der Waals surface area contributed by atoms with Crippen molar-refractivity contribution in [3.63, 3.8) is 0 Å². The summed E-state index contributed by atoms with van der Waals surface area (Å²) in [5.41, 5.74) is 2.82. The van der Waals surface area contributed by atoms with Crippen molar-refractivity contribution < 1.29 is 9.47 Å². The fourth-order valence-electron chi connectivity index (χ4n) is 4.15. The van der Waals surface area contributed by atoms with E-state index in [9.17, 15) is 0 Å². The van der Waals surface area contributed by atoms with E-state index in [2.05, 4.69) is 16.2 Å². The number of methoxy groups -OCH3 is 2. The molecule has 0 aliphatic carbocycles. The number of benzene rings is 1. The quantitative estimate of drug-likeness (QED) is 0.420. The zero-order valence-electron chi connectivity index (χ0n) is 20.7. The molecular weight excluding hydrogens is 499 g/mol. The number of anilines is 2. The molecule has 10 heteroatoms. The summed E-state index contributed by atoms with van der Waals surface area (Å²) in [4.78, 5) is 17.9. The van der Waals surface area contributed by atoms with Gasteiger partial charge in [-0.25, -0.2) is 9.97 Å². The number of allylic oxidation sites excluding steroid dienone is 1. The highest BCUT2D eigenvalue weighted by molar-refractivity contribution is 6.41. The van der Waals surface area contributed by atoms with Crippen LogP contribution in [0.15, 0.2) is 30.6 Å². The maximum Gasteiger partial charge on any atom is 0.180 e. The lowest BCUT2D eigenvalue weighted by atomic mass is 10.1. The molecule has 1 unspecified atom stereocenters. The predicted octanol–water partition coefficient (Wildman–Crippen LogP) is 4.77. The van der Waals surface area contributed by atoms with Gasteiger partial charge in [0.15, 0.2) is 5.65 Å². The lowest BCUT2D eigenvalue weighted by molar-refractivity contribution is 0.394. The van der Waals surface area contributed by atoms with E-state index in [1.165, 1.54) is 0 Å². The molecule has 3 aromatic rings. The van der Waals surface area contributed by atoms with E-state index in [4.69, 9.17) is 49.1 Å². The predicted molar refractivity (Wildman–Crippen MR) is 145 cm³/mol. The molecule has 4 rings (SSSR count). The second kappa shape index (κ2) is 11.2. The van der Waals surface area contributed by atoms with Gasteiger partial charge in [-0.2, -0.15) is 0 Å². The highest BCUT2D eigenvalue weighted by Crippen LogP contribution is 2.48. The Morgan fingerprint density at radius 3 is 2.50 bits per heavy atom. The summed E-state index contributed by atoms with van der Waals surface area (Å²) in [7, 11) is 6.90. The number of terminal acetylenes is 1. The van der Waals surface area contributed by atoms with Gasteiger partial charge in [0.05, 0.1) is 31.7 Å². The number of pyridine rings is 1. The van der Waals surface area contributed by atoms with Gasteiger partial charge in [0, 0.05) is 38.9 Å². The van der Waals surface area contributed by atoms with Crippen molar-refractivity contribution >= 4 is 51.4 Å². The van der Waals surface area contributed by atoms with E-state index in [0.29, 0.717) is 62.0 Å². The molecule has 0 radical (unpaired) electrons. The van der Waals surface area contributed by atoms with Crippen LogP contribution in [-0.2, 0) is 0 Å². The second-order valence-corrected chi connectivity index (χ2v) is 9.34. The topological polar surface area (TPSA) is 75.6 Å². The third kappa shape index (κ3) is 5.29. The fourth-order valence-corrected chi connectivity index (χ4v) is 4.85. The minimum atomic E-state index is 0.223. The number of halogens is 2. The maximum absolute atomic E-state index is 6.81. The summed E-state index contributed by atoms with van der Waals surface area (Å²) in [6, 6.07) is 5.64. The number of aromatic nitrogens is 3. The third-order valence-corrected chi connectivity index (χ3v) is 6.60. The van der Waals surface area contributed by atoms with Gasteiger partial charge in [-0.05, 0) is 31.5 Å². The van der Waals surface area contributed by atoms with Gasteiger partial charge in [-0.1, -0.05) is 29.1 Å². The SMILES string of the molecule is C#C/C(=C\N(C)C)c1cnc2ccc(N(CC3CCCN3)c3c(Cl)c(OC)cc(OC)c3Cl)nc2n1. The van der Waals surface area contributed by atoms with E-state index in [1.54, 1.807) is 26.5 Å². The smallest absolute Gasteiger partial charge is 0.180 e. The average molecular weight is 527 g/mol. The van der Waals surface area contributed by atoms with E-state index in [0.717, 1.165) is 19.4 Å². The number of hydrogen-bond acceptors (Lipinski definition) is 8. The van der Waals surface area contributed by atoms with Crippen LogP contribution < -0.4 is 19.7 Å². The summed E-state index contributed by atoms with van der Waals surface area (Å²) in [5.74, 6) is 4.19. The van der Waals surface area contributed by atoms with Gasteiger partial charge in [0.2, 0.25) is 0 Å². The Bertz CT molecular complexity index is 1300. The summed E-state index contributed by atoms with van der Waals surface area (Å²) in [6.07, 6.45) is 11.3. The highest BCUT2D eigenvalue weighted by atomic mass is 35.5. The highest BCUT2D eigenvalue weighted by Gasteiger charge is 2.27. The molecule has 1 atom stereocenters. The van der Waals surface area contributed by atoms with Gasteiger partial charge < -0.3 is 24.6 Å². The monoisotopic (exact) mass is 526 g/mol. The second-order valence-electron chi connectivity index (χ2n) is 8.58. The van der Waals surface area contributed by atoms with Gasteiger partial charge in [0.1, 0.15) is 38.6 Å². The molecule has 0 amide bonds. The van der Waals surface area contributed by atoms with Gasteiger partial charge >= 0.3 is 0 Å². The van der Waals surface area contributed by atoms with Crippen LogP contribution in [0.2, 0.25) is 10.0 Å². The number of hydrogen-bond donors (Lipinski definition) is 1. The third-order valence-electron chi connectivity index (χ3n) is 5.87. The Kier molecular flexibility index (Phi) is 8.04. The average Bonchev–Trinajstić information content (AvgIpc) is 3.39. The molecule has 1 aliphatic rings. The lowest BCUT2D eigenvalue weighted by Crippen LogP contribution is -2.35. The van der Waals surface area contributed by atoms with Crippen molar-refractivity contribution in [2.75, 3.05) is 46.3 Å². The standard InChI is InChI=1S/C26H28Cl2N6O2/c1-6-16(14-33(2)3)19-13-30-18-9-10-22(32-26(18)31-19)34(15-17-8-7-11-29-17)25-23(27)20(35-4)12-21(36-5)24(25)28/h1,9-10,12-14,17,29H,7-8,11,15H2,2-5H3/b16-14+. The maximum atomic E-state index is 6.81. The molecule has 0 saturated carbocycles. The Balaban J connectivity index is 1.88. The van der Waals surface area contributed by atoms with Crippen molar-refractivity contribution in [1.29, 1.82) is 0 Å². The largest absolute Gasteiger partial charge is 0.495 e. The zero-order chi connectivity index (χ0) is 25.8. The van der Waals surface area contributed by atoms with Gasteiger partial charge in [-0.3, -0.25) is 4.98 Å². The lowest BCUT2D eigenvalue weighted by Gasteiger charge is -2.29. The zero-order valence-corrected chi connectivity index (χ0v) is 22.2. The van der Waals surface area contributed by atoms with E-state index >= 15 is 0 Å². The normalized spacial score (nSPS) is 15.6. The molecule has 1 saturated heterocycles. The summed E-state index contributed by atoms with van der Waals surface area (Å²) in [6.45, 7) is 1.53. The summed E-state index contributed by atoms with van der Waals surface area (Å²) < 4.78 is 11.0. The summed E-state index contributed by atoms with van der Waals surface area (Å²) >= 11 is 13.6. The molecule has 8 nitrogen and oxygen atoms in total. The van der Waals surface area contributed by atoms with Crippen LogP contribution >= 0.6 is 23.2 Å². The fraction of sp³-hybridized carbons (Fsp3) is 0.346. The molecular formula is C26H28Cl2N6O2. The van der Waals surface area contributed by atoms with Crippen LogP contribution in [0.3, 0.4) is 0 Å². The first-order valence-electron chi connectivity index (χ1n) is 11.5. The Morgan fingerprint density at radius 1 is 1.19 bits per heavy atom. The van der Waals surface area contributed by atoms with E-state index in [1.807, 2.05) is 42.2 Å². The Labute approximate surface area is 221 Å². The Morgan fingerprint density at radius 2 is 1.92 bits per heavy atom. The van der Waals surface area contributed by atoms with Crippen LogP contribution in [0.1, 0.15) is 18.5 Å². The number of rotatable bonds is 8. The molecule has 1 fully saturated rings. The molecule has 2 aromatic heterocycles. The van der Waals surface area contributed by atoms with Crippen LogP contribution in [0.4, 0.5) is 11.5 Å². The van der Waals surface area contributed by atoms with Crippen molar-refractivity contribution in [3.05, 3.63) is 46.3 Å². The molecule has 0 spiro atoms. The van der Waals surface area contributed by atoms with Gasteiger partial charge in [-0.15, -0.1) is 6.42 Å². The molecule has 1 N–H and O–H groups in total. The molecule has 1 aromatic carbocycles. The number of ether oxygens (including phenoxy) is 2. The van der Waals surface area contributed by atoms with Crippen molar-refractivity contribution in [2.24, 2.45) is 0 Å². The van der Waals surface area contributed by atoms with Crippen molar-refractivity contribution in [3.8, 4) is 23.8 Å². The minimum absolute atomic E-state index is 0.223. The molecule has 36 heavy (non-hydrogen) atoms. The van der Waals surface area contributed by atoms with Crippen LogP contribution in [0.5, 0.6) is 11.5 Å². The first-order chi connectivity index (χ1) is 17.4. The molecule has 0 bridgehead atoms. The van der Waals surface area contributed by atoms with Crippen molar-refractivity contribution in [2.45, 2.75) is 18.9 Å². The van der Waals surface area contributed by atoms with Crippen LogP contribution in [-0.4, -0.2) is 67.3 Å². The Hall–Kier alpha value is -3.25. The molecule has 1 aliphatic heterocycles.